The molecule has 0 radical (unpaired) electrons. The summed E-state index contributed by atoms with van der Waals surface area (Å²) in [5.74, 6) is 0.273. The van der Waals surface area contributed by atoms with Gasteiger partial charge in [0.05, 0.1) is 17.6 Å². The van der Waals surface area contributed by atoms with Gasteiger partial charge in [-0.3, -0.25) is 9.59 Å². The quantitative estimate of drug-likeness (QED) is 0.819. The average Bonchev–Trinajstić information content (AvgIpc) is 3.21. The summed E-state index contributed by atoms with van der Waals surface area (Å²) >= 11 is 1.36. The second kappa shape index (κ2) is 7.22. The molecule has 3 rings (SSSR count). The normalized spacial score (nSPS) is 16.9. The van der Waals surface area contributed by atoms with E-state index >= 15 is 0 Å². The van der Waals surface area contributed by atoms with Gasteiger partial charge in [0, 0.05) is 39.8 Å². The third-order valence-corrected chi connectivity index (χ3v) is 5.55. The number of nitrogens with one attached hydrogen (secondary N) is 2. The minimum atomic E-state index is -0.115. The van der Waals surface area contributed by atoms with Crippen LogP contribution in [0.15, 0.2) is 17.1 Å². The molecule has 0 aromatic carbocycles. The molecule has 0 aliphatic carbocycles. The minimum Gasteiger partial charge on any atom is -0.370 e. The van der Waals surface area contributed by atoms with E-state index in [2.05, 4.69) is 25.6 Å². The van der Waals surface area contributed by atoms with Gasteiger partial charge in [-0.15, -0.1) is 0 Å². The van der Waals surface area contributed by atoms with Crippen molar-refractivity contribution in [2.45, 2.75) is 13.3 Å². The Bertz CT molecular complexity index is 830. The predicted octanol–water partition coefficient (Wildman–Crippen LogP) is 0.843. The summed E-state index contributed by atoms with van der Waals surface area (Å²) < 4.78 is 1.31. The van der Waals surface area contributed by atoms with E-state index in [1.54, 1.807) is 26.4 Å². The number of thiazole rings is 1. The molecule has 0 saturated carbocycles. The van der Waals surface area contributed by atoms with Gasteiger partial charge in [-0.25, -0.2) is 9.67 Å². The molecule has 9 heteroatoms. The van der Waals surface area contributed by atoms with E-state index in [-0.39, 0.29) is 11.5 Å². The monoisotopic (exact) mass is 362 g/mol. The lowest BCUT2D eigenvalue weighted by atomic mass is 10.1. The lowest BCUT2D eigenvalue weighted by Gasteiger charge is -2.18. The van der Waals surface area contributed by atoms with Crippen LogP contribution in [-0.2, 0) is 7.05 Å². The first-order chi connectivity index (χ1) is 12.0. The molecular weight excluding hydrogens is 340 g/mol. The first-order valence-electron chi connectivity index (χ1n) is 8.19. The molecular formula is C16H22N6O2S. The zero-order valence-corrected chi connectivity index (χ0v) is 15.4. The predicted molar refractivity (Wildman–Crippen MR) is 98.5 cm³/mol. The van der Waals surface area contributed by atoms with Gasteiger partial charge in [0.1, 0.15) is 4.88 Å². The lowest BCUT2D eigenvalue weighted by Crippen LogP contribution is -2.31. The Balaban J connectivity index is 1.56. The molecule has 1 atom stereocenters. The van der Waals surface area contributed by atoms with Gasteiger partial charge >= 0.3 is 0 Å². The molecule has 8 nitrogen and oxygen atoms in total. The van der Waals surface area contributed by atoms with E-state index in [0.29, 0.717) is 17.3 Å². The molecule has 1 aliphatic rings. The van der Waals surface area contributed by atoms with Crippen LogP contribution < -0.4 is 21.1 Å². The Morgan fingerprint density at radius 3 is 2.96 bits per heavy atom. The smallest absolute Gasteiger partial charge is 0.268 e. The number of anilines is 2. The maximum absolute atomic E-state index is 12.3. The van der Waals surface area contributed by atoms with Crippen molar-refractivity contribution in [3.05, 3.63) is 33.2 Å². The van der Waals surface area contributed by atoms with E-state index in [1.165, 1.54) is 16.0 Å². The molecule has 1 saturated heterocycles. The molecule has 3 heterocycles. The zero-order chi connectivity index (χ0) is 18.0. The number of amides is 1. The maximum atomic E-state index is 12.3. The summed E-state index contributed by atoms with van der Waals surface area (Å²) in [6.45, 7) is 4.11. The van der Waals surface area contributed by atoms with Crippen molar-refractivity contribution >= 4 is 28.1 Å². The van der Waals surface area contributed by atoms with Gasteiger partial charge in [0.15, 0.2) is 5.13 Å². The summed E-state index contributed by atoms with van der Waals surface area (Å²) in [7, 11) is 3.42. The van der Waals surface area contributed by atoms with Gasteiger partial charge in [-0.05, 0) is 19.3 Å². The Morgan fingerprint density at radius 1 is 1.48 bits per heavy atom. The van der Waals surface area contributed by atoms with E-state index < -0.39 is 0 Å². The number of rotatable bonds is 5. The topological polar surface area (TPSA) is 92.2 Å². The average molecular weight is 362 g/mol. The molecule has 2 aromatic rings. The molecule has 1 unspecified atom stereocenters. The Labute approximate surface area is 149 Å². The van der Waals surface area contributed by atoms with Gasteiger partial charge in [-0.2, -0.15) is 5.10 Å². The van der Waals surface area contributed by atoms with Crippen LogP contribution in [0.2, 0.25) is 0 Å². The van der Waals surface area contributed by atoms with Crippen LogP contribution in [-0.4, -0.2) is 47.4 Å². The first-order valence-corrected chi connectivity index (χ1v) is 9.01. The fourth-order valence-corrected chi connectivity index (χ4v) is 3.73. The summed E-state index contributed by atoms with van der Waals surface area (Å²) in [6, 6.07) is 1.61. The van der Waals surface area contributed by atoms with Gasteiger partial charge < -0.3 is 15.5 Å². The number of carbonyl (C=O) groups is 1. The molecule has 2 N–H and O–H groups in total. The molecule has 25 heavy (non-hydrogen) atoms. The van der Waals surface area contributed by atoms with E-state index in [0.717, 1.165) is 36.0 Å². The molecule has 0 spiro atoms. The number of hydrogen-bond donors (Lipinski definition) is 2. The van der Waals surface area contributed by atoms with Crippen molar-refractivity contribution in [1.29, 1.82) is 0 Å². The second-order valence-corrected chi connectivity index (χ2v) is 7.17. The van der Waals surface area contributed by atoms with Crippen molar-refractivity contribution in [2.75, 3.05) is 36.9 Å². The van der Waals surface area contributed by atoms with Crippen LogP contribution in [0.4, 0.5) is 10.8 Å². The highest BCUT2D eigenvalue weighted by Crippen LogP contribution is 2.23. The van der Waals surface area contributed by atoms with Crippen molar-refractivity contribution in [3.8, 4) is 0 Å². The fourth-order valence-electron chi connectivity index (χ4n) is 2.90. The number of aromatic nitrogens is 3. The molecule has 2 aromatic heterocycles. The first kappa shape index (κ1) is 17.4. The van der Waals surface area contributed by atoms with Crippen molar-refractivity contribution < 1.29 is 4.79 Å². The van der Waals surface area contributed by atoms with E-state index in [1.807, 2.05) is 6.92 Å². The van der Waals surface area contributed by atoms with Crippen LogP contribution in [0, 0.1) is 12.8 Å². The summed E-state index contributed by atoms with van der Waals surface area (Å²) in [4.78, 5) is 31.2. The van der Waals surface area contributed by atoms with Crippen LogP contribution in [0.25, 0.3) is 0 Å². The SMILES string of the molecule is CNc1nc(C)c(C(=O)NCC2CCN(c3cnn(C)c(=O)c3)C2)s1. The van der Waals surface area contributed by atoms with Gasteiger partial charge in [0.25, 0.3) is 11.5 Å². The van der Waals surface area contributed by atoms with Crippen molar-refractivity contribution in [2.24, 2.45) is 13.0 Å². The fraction of sp³-hybridized carbons (Fsp3) is 0.500. The zero-order valence-electron chi connectivity index (χ0n) is 14.6. The summed E-state index contributed by atoms with van der Waals surface area (Å²) in [6.07, 6.45) is 2.68. The number of carbonyl (C=O) groups excluding carboxylic acids is 1. The van der Waals surface area contributed by atoms with E-state index in [4.69, 9.17) is 0 Å². The highest BCUT2D eigenvalue weighted by atomic mass is 32.1. The van der Waals surface area contributed by atoms with Crippen LogP contribution in [0.5, 0.6) is 0 Å². The highest BCUT2D eigenvalue weighted by molar-refractivity contribution is 7.17. The molecule has 0 bridgehead atoms. The van der Waals surface area contributed by atoms with Crippen LogP contribution >= 0.6 is 11.3 Å². The minimum absolute atomic E-state index is 0.0785. The molecule has 1 amide bonds. The third-order valence-electron chi connectivity index (χ3n) is 4.37. The standard InChI is InChI=1S/C16H22N6O2S/c1-10-14(25-16(17-2)20-10)15(24)18-7-11-4-5-22(9-11)12-6-13(23)21(3)19-8-12/h6,8,11H,4-5,7,9H2,1-3H3,(H,17,20)(H,18,24). The molecule has 1 fully saturated rings. The summed E-state index contributed by atoms with van der Waals surface area (Å²) in [5, 5.41) is 10.8. The summed E-state index contributed by atoms with van der Waals surface area (Å²) in [5.41, 5.74) is 1.47. The Hall–Kier alpha value is -2.42. The highest BCUT2D eigenvalue weighted by Gasteiger charge is 2.24. The Morgan fingerprint density at radius 2 is 2.28 bits per heavy atom. The lowest BCUT2D eigenvalue weighted by molar-refractivity contribution is 0.0951. The van der Waals surface area contributed by atoms with Crippen LogP contribution in [0.1, 0.15) is 21.8 Å². The molecule has 134 valence electrons. The number of hydrogen-bond acceptors (Lipinski definition) is 7. The Kier molecular flexibility index (Phi) is 5.03. The van der Waals surface area contributed by atoms with Crippen molar-refractivity contribution in [1.82, 2.24) is 20.1 Å². The number of nitrogens with zero attached hydrogens (tertiary/aromatic N) is 4. The third kappa shape index (κ3) is 3.81. The molecule has 1 aliphatic heterocycles. The van der Waals surface area contributed by atoms with Crippen LogP contribution in [0.3, 0.4) is 0 Å². The van der Waals surface area contributed by atoms with E-state index in [9.17, 15) is 9.59 Å². The van der Waals surface area contributed by atoms with Crippen molar-refractivity contribution in [3.63, 3.8) is 0 Å². The largest absolute Gasteiger partial charge is 0.370 e. The second-order valence-electron chi connectivity index (χ2n) is 6.17. The number of aryl methyl sites for hydroxylation is 2. The van der Waals surface area contributed by atoms with Gasteiger partial charge in [0.2, 0.25) is 0 Å². The van der Waals surface area contributed by atoms with Gasteiger partial charge in [-0.1, -0.05) is 11.3 Å². The maximum Gasteiger partial charge on any atom is 0.268 e.